The Kier molecular flexibility index (Phi) is 14.0. The number of unbranched alkanes of at least 4 members (excludes halogenated alkanes) is 10. The van der Waals surface area contributed by atoms with Gasteiger partial charge in [-0.15, -0.1) is 0 Å². The molecule has 0 saturated heterocycles. The highest BCUT2D eigenvalue weighted by Crippen LogP contribution is 2.43. The lowest BCUT2D eigenvalue weighted by Crippen LogP contribution is -1.93. The fourth-order valence-corrected chi connectivity index (χ4v) is 2.84. The molecular formula is C15H33O2PS. The first-order valence-electron chi connectivity index (χ1n) is 7.90. The lowest BCUT2D eigenvalue weighted by Gasteiger charge is -2.14. The predicted octanol–water partition coefficient (Wildman–Crippen LogP) is 5.90. The zero-order valence-corrected chi connectivity index (χ0v) is 14.9. The van der Waals surface area contributed by atoms with Gasteiger partial charge in [0, 0.05) is 13.8 Å². The molecule has 0 spiro atoms. The molecule has 0 aliphatic heterocycles. The number of rotatable bonds is 14. The topological polar surface area (TPSA) is 18.5 Å². The van der Waals surface area contributed by atoms with Gasteiger partial charge in [0.15, 0.2) is 6.49 Å². The van der Waals surface area contributed by atoms with Crippen molar-refractivity contribution >= 4 is 18.3 Å². The SMILES string of the molecule is CCCCCCCCCCCCCOP(C)(=S)OC. The molecule has 0 N–H and O–H groups in total. The van der Waals surface area contributed by atoms with Crippen molar-refractivity contribution in [2.24, 2.45) is 0 Å². The predicted molar refractivity (Wildman–Crippen MR) is 89.6 cm³/mol. The molecule has 0 aliphatic carbocycles. The standard InChI is InChI=1S/C15H33O2PS/c1-4-5-6-7-8-9-10-11-12-13-14-15-17-18(3,19)16-2/h4-15H2,1-3H3. The van der Waals surface area contributed by atoms with E-state index in [4.69, 9.17) is 20.9 Å². The molecule has 0 radical (unpaired) electrons. The monoisotopic (exact) mass is 308 g/mol. The molecule has 0 aromatic heterocycles. The van der Waals surface area contributed by atoms with Crippen molar-refractivity contribution in [2.75, 3.05) is 20.4 Å². The minimum Gasteiger partial charge on any atom is -0.333 e. The van der Waals surface area contributed by atoms with E-state index in [1.807, 2.05) is 6.66 Å². The average molecular weight is 308 g/mol. The van der Waals surface area contributed by atoms with E-state index in [0.29, 0.717) is 0 Å². The van der Waals surface area contributed by atoms with E-state index in [9.17, 15) is 0 Å². The highest BCUT2D eigenvalue weighted by Gasteiger charge is 2.07. The summed E-state index contributed by atoms with van der Waals surface area (Å²) in [6.07, 6.45) is 14.9. The third kappa shape index (κ3) is 14.8. The zero-order chi connectivity index (χ0) is 14.4. The summed E-state index contributed by atoms with van der Waals surface area (Å²) in [4.78, 5) is 0. The van der Waals surface area contributed by atoms with Crippen molar-refractivity contribution in [3.63, 3.8) is 0 Å². The Morgan fingerprint density at radius 2 is 1.21 bits per heavy atom. The van der Waals surface area contributed by atoms with Crippen LogP contribution in [-0.4, -0.2) is 20.4 Å². The summed E-state index contributed by atoms with van der Waals surface area (Å²) in [6, 6.07) is 0. The quantitative estimate of drug-likeness (QED) is 0.294. The molecule has 2 nitrogen and oxygen atoms in total. The molecule has 0 bridgehead atoms. The Bertz CT molecular complexity index is 234. The van der Waals surface area contributed by atoms with Crippen LogP contribution in [0.4, 0.5) is 0 Å². The van der Waals surface area contributed by atoms with Crippen LogP contribution in [0.1, 0.15) is 77.6 Å². The molecular weight excluding hydrogens is 275 g/mol. The van der Waals surface area contributed by atoms with Crippen LogP contribution >= 0.6 is 6.49 Å². The molecule has 116 valence electrons. The summed E-state index contributed by atoms with van der Waals surface area (Å²) in [5.41, 5.74) is 0. The molecule has 4 heteroatoms. The molecule has 0 aromatic carbocycles. The summed E-state index contributed by atoms with van der Waals surface area (Å²) in [7, 11) is 1.64. The van der Waals surface area contributed by atoms with Gasteiger partial charge in [0.25, 0.3) is 0 Å². The first-order valence-corrected chi connectivity index (χ1v) is 11.0. The summed E-state index contributed by atoms with van der Waals surface area (Å²) in [5, 5.41) is 0. The number of hydrogen-bond acceptors (Lipinski definition) is 3. The van der Waals surface area contributed by atoms with Gasteiger partial charge < -0.3 is 9.05 Å². The van der Waals surface area contributed by atoms with Gasteiger partial charge in [0.1, 0.15) is 0 Å². The summed E-state index contributed by atoms with van der Waals surface area (Å²) < 4.78 is 10.7. The molecule has 0 heterocycles. The normalized spacial score (nSPS) is 14.5. The molecule has 0 aromatic rings. The third-order valence-electron chi connectivity index (χ3n) is 3.41. The van der Waals surface area contributed by atoms with Crippen LogP contribution in [-0.2, 0) is 20.9 Å². The minimum absolute atomic E-state index is 0.763. The fourth-order valence-electron chi connectivity index (χ4n) is 2.05. The van der Waals surface area contributed by atoms with Crippen LogP contribution in [0.5, 0.6) is 0 Å². The highest BCUT2D eigenvalue weighted by molar-refractivity contribution is 8.09. The van der Waals surface area contributed by atoms with E-state index in [1.54, 1.807) is 7.11 Å². The maximum atomic E-state index is 5.56. The molecule has 19 heavy (non-hydrogen) atoms. The highest BCUT2D eigenvalue weighted by atomic mass is 32.5. The average Bonchev–Trinajstić information content (AvgIpc) is 2.40. The fraction of sp³-hybridized carbons (Fsp3) is 1.00. The van der Waals surface area contributed by atoms with Crippen LogP contribution in [0.3, 0.4) is 0 Å². The van der Waals surface area contributed by atoms with E-state index < -0.39 is 6.49 Å². The molecule has 1 atom stereocenters. The van der Waals surface area contributed by atoms with Gasteiger partial charge in [-0.25, -0.2) is 0 Å². The molecule has 0 saturated carbocycles. The minimum atomic E-state index is -1.92. The van der Waals surface area contributed by atoms with Gasteiger partial charge in [0.05, 0.1) is 6.61 Å². The van der Waals surface area contributed by atoms with E-state index in [0.717, 1.165) is 13.0 Å². The van der Waals surface area contributed by atoms with Crippen LogP contribution < -0.4 is 0 Å². The molecule has 1 unspecified atom stereocenters. The first-order chi connectivity index (χ1) is 9.12. The van der Waals surface area contributed by atoms with Crippen molar-refractivity contribution in [3.8, 4) is 0 Å². The Labute approximate surface area is 125 Å². The van der Waals surface area contributed by atoms with E-state index in [2.05, 4.69) is 6.92 Å². The van der Waals surface area contributed by atoms with Gasteiger partial charge in [-0.1, -0.05) is 71.1 Å². The van der Waals surface area contributed by atoms with Gasteiger partial charge >= 0.3 is 0 Å². The molecule has 0 fully saturated rings. The second-order valence-corrected chi connectivity index (χ2v) is 9.48. The van der Waals surface area contributed by atoms with Gasteiger partial charge in [0.2, 0.25) is 0 Å². The van der Waals surface area contributed by atoms with Gasteiger partial charge in [-0.3, -0.25) is 0 Å². The zero-order valence-electron chi connectivity index (χ0n) is 13.2. The Morgan fingerprint density at radius 1 is 0.789 bits per heavy atom. The van der Waals surface area contributed by atoms with Crippen LogP contribution in [0, 0.1) is 0 Å². The maximum absolute atomic E-state index is 5.56. The summed E-state index contributed by atoms with van der Waals surface area (Å²) >= 11 is 5.19. The molecule has 0 amide bonds. The molecule has 0 aliphatic rings. The third-order valence-corrected chi connectivity index (χ3v) is 5.48. The summed E-state index contributed by atoms with van der Waals surface area (Å²) in [5.74, 6) is 0. The first kappa shape index (κ1) is 19.6. The van der Waals surface area contributed by atoms with Crippen molar-refractivity contribution in [2.45, 2.75) is 77.6 Å². The maximum Gasteiger partial charge on any atom is 0.185 e. The van der Waals surface area contributed by atoms with Crippen molar-refractivity contribution in [3.05, 3.63) is 0 Å². The van der Waals surface area contributed by atoms with Crippen molar-refractivity contribution < 1.29 is 9.05 Å². The smallest absolute Gasteiger partial charge is 0.185 e. The van der Waals surface area contributed by atoms with Crippen LogP contribution in [0.25, 0.3) is 0 Å². The van der Waals surface area contributed by atoms with Crippen LogP contribution in [0.15, 0.2) is 0 Å². The Hall–Kier alpha value is 0.570. The van der Waals surface area contributed by atoms with Crippen molar-refractivity contribution in [1.82, 2.24) is 0 Å². The van der Waals surface area contributed by atoms with E-state index >= 15 is 0 Å². The largest absolute Gasteiger partial charge is 0.333 e. The Morgan fingerprint density at radius 3 is 1.63 bits per heavy atom. The Balaban J connectivity index is 3.09. The van der Waals surface area contributed by atoms with Crippen LogP contribution in [0.2, 0.25) is 0 Å². The second kappa shape index (κ2) is 13.5. The lowest BCUT2D eigenvalue weighted by molar-refractivity contribution is 0.277. The second-order valence-electron chi connectivity index (χ2n) is 5.32. The van der Waals surface area contributed by atoms with Gasteiger partial charge in [-0.2, -0.15) is 0 Å². The van der Waals surface area contributed by atoms with E-state index in [-0.39, 0.29) is 0 Å². The summed E-state index contributed by atoms with van der Waals surface area (Å²) in [6.45, 7) is 3.00. The van der Waals surface area contributed by atoms with E-state index in [1.165, 1.54) is 64.2 Å². The lowest BCUT2D eigenvalue weighted by atomic mass is 10.1. The van der Waals surface area contributed by atoms with Crippen molar-refractivity contribution in [1.29, 1.82) is 0 Å². The van der Waals surface area contributed by atoms with Gasteiger partial charge in [-0.05, 0) is 18.2 Å². The molecule has 0 rings (SSSR count). The number of hydrogen-bond donors (Lipinski definition) is 0.